The third-order valence-electron chi connectivity index (χ3n) is 5.25. The second-order valence-electron chi connectivity index (χ2n) is 6.64. The van der Waals surface area contributed by atoms with Gasteiger partial charge in [0, 0.05) is 11.8 Å². The zero-order valence-electron chi connectivity index (χ0n) is 14.8. The monoisotopic (exact) mass is 339 g/mol. The molecule has 1 N–H and O–H groups in total. The minimum Gasteiger partial charge on any atom is -0.569 e. The van der Waals surface area contributed by atoms with Crippen molar-refractivity contribution < 1.29 is 10.2 Å². The van der Waals surface area contributed by atoms with Crippen molar-refractivity contribution in [3.63, 3.8) is 0 Å². The maximum atomic E-state index is 11.3. The van der Waals surface area contributed by atoms with Gasteiger partial charge >= 0.3 is 0 Å². The van der Waals surface area contributed by atoms with E-state index in [1.807, 2.05) is 0 Å². The molecule has 0 heterocycles. The van der Waals surface area contributed by atoms with E-state index in [4.69, 9.17) is 5.21 Å². The smallest absolute Gasteiger partial charge is 0.230 e. The first-order valence-electron chi connectivity index (χ1n) is 8.88. The van der Waals surface area contributed by atoms with Crippen molar-refractivity contribution in [2.75, 3.05) is 13.6 Å². The van der Waals surface area contributed by atoms with Gasteiger partial charge in [0.15, 0.2) is 0 Å². The molecule has 0 amide bonds. The van der Waals surface area contributed by atoms with Gasteiger partial charge < -0.3 is 10.4 Å². The second kappa shape index (κ2) is 7.55. The van der Waals surface area contributed by atoms with Crippen LogP contribution in [-0.2, 0) is 0 Å². The van der Waals surface area contributed by atoms with E-state index in [-0.39, 0.29) is 4.97 Å². The normalized spacial score (nSPS) is 19.2. The lowest BCUT2D eigenvalue weighted by Crippen LogP contribution is -2.27. The van der Waals surface area contributed by atoms with Gasteiger partial charge in [0.25, 0.3) is 0 Å². The Morgan fingerprint density at radius 2 is 1.48 bits per heavy atom. The van der Waals surface area contributed by atoms with E-state index in [0.717, 1.165) is 19.3 Å². The van der Waals surface area contributed by atoms with Crippen LogP contribution in [0.1, 0.15) is 60.3 Å². The van der Waals surface area contributed by atoms with Crippen molar-refractivity contribution in [3.8, 4) is 0 Å². The fraction of sp³-hybridized carbons (Fsp3) is 0.400. The van der Waals surface area contributed by atoms with Gasteiger partial charge in [-0.15, -0.1) is 5.01 Å². The molecule has 0 aliphatic heterocycles. The molecule has 25 heavy (non-hydrogen) atoms. The lowest BCUT2D eigenvalue weighted by Gasteiger charge is -2.34. The van der Waals surface area contributed by atoms with E-state index in [0.29, 0.717) is 18.4 Å². The van der Waals surface area contributed by atoms with Crippen LogP contribution in [0.2, 0.25) is 0 Å². The highest BCUT2D eigenvalue weighted by Gasteiger charge is 2.30. The summed E-state index contributed by atoms with van der Waals surface area (Å²) in [5.41, 5.74) is 5.67. The summed E-state index contributed by atoms with van der Waals surface area (Å²) in [6.45, 7) is 2.79. The van der Waals surface area contributed by atoms with Crippen molar-refractivity contribution in [2.24, 2.45) is 5.28 Å². The first-order chi connectivity index (χ1) is 12.2. The Labute approximate surface area is 148 Å². The lowest BCUT2D eigenvalue weighted by atomic mass is 9.70. The van der Waals surface area contributed by atoms with Crippen LogP contribution in [0.15, 0.2) is 53.8 Å². The summed E-state index contributed by atoms with van der Waals surface area (Å²) in [6.07, 6.45) is 2.88. The molecule has 5 heteroatoms. The largest absolute Gasteiger partial charge is 0.569 e. The fourth-order valence-electron chi connectivity index (χ4n) is 4.06. The highest BCUT2D eigenvalue weighted by Crippen LogP contribution is 2.46. The van der Waals surface area contributed by atoms with Crippen LogP contribution in [0.4, 0.5) is 0 Å². The predicted octanol–water partition coefficient (Wildman–Crippen LogP) is 4.65. The van der Waals surface area contributed by atoms with Crippen molar-refractivity contribution in [1.82, 2.24) is 5.01 Å². The van der Waals surface area contributed by atoms with Gasteiger partial charge in [-0.25, -0.2) is 0 Å². The molecule has 2 aromatic carbocycles. The summed E-state index contributed by atoms with van der Waals surface area (Å²) in [6, 6.07) is 17.5. The molecule has 2 aromatic rings. The predicted molar refractivity (Wildman–Crippen MR) is 96.6 cm³/mol. The van der Waals surface area contributed by atoms with Crippen molar-refractivity contribution in [1.29, 1.82) is 0 Å². The molecular weight excluding hydrogens is 314 g/mol. The molecule has 5 nitrogen and oxygen atoms in total. The molecule has 132 valence electrons. The molecule has 0 bridgehead atoms. The van der Waals surface area contributed by atoms with Crippen LogP contribution < -0.4 is 0 Å². The zero-order chi connectivity index (χ0) is 17.8. The Morgan fingerprint density at radius 3 is 1.92 bits per heavy atom. The molecule has 1 aliphatic rings. The Morgan fingerprint density at radius 1 is 1.00 bits per heavy atom. The minimum absolute atomic E-state index is 0.218. The first kappa shape index (κ1) is 17.3. The van der Waals surface area contributed by atoms with Crippen molar-refractivity contribution in [2.45, 2.75) is 38.0 Å². The number of rotatable bonds is 6. The molecule has 1 aliphatic carbocycles. The van der Waals surface area contributed by atoms with E-state index in [2.05, 4.69) is 60.7 Å². The van der Waals surface area contributed by atoms with Crippen molar-refractivity contribution >= 4 is 0 Å². The Kier molecular flexibility index (Phi) is 5.22. The topological polar surface area (TPSA) is 61.9 Å². The molecule has 0 aromatic heterocycles. The van der Waals surface area contributed by atoms with Gasteiger partial charge in [-0.3, -0.25) is 0 Å². The van der Waals surface area contributed by atoms with Crippen molar-refractivity contribution in [3.05, 3.63) is 76.0 Å². The van der Waals surface area contributed by atoms with E-state index >= 15 is 0 Å². The number of benzene rings is 2. The van der Waals surface area contributed by atoms with Crippen LogP contribution >= 0.6 is 0 Å². The van der Waals surface area contributed by atoms with E-state index < -0.39 is 0 Å². The zero-order valence-corrected chi connectivity index (χ0v) is 14.8. The summed E-state index contributed by atoms with van der Waals surface area (Å²) in [5, 5.41) is 23.9. The average Bonchev–Trinajstić information content (AvgIpc) is 2.66. The SMILES string of the molecule is CCC1c2ccccc2C(CCCN(C)/[N+]([O-])=N/O)c2ccccc21. The van der Waals surface area contributed by atoms with Gasteiger partial charge in [0.1, 0.15) is 0 Å². The summed E-state index contributed by atoms with van der Waals surface area (Å²) in [4.78, 5) is 0.218. The minimum atomic E-state index is 0.218. The lowest BCUT2D eigenvalue weighted by molar-refractivity contribution is -0.704. The maximum absolute atomic E-state index is 11.3. The van der Waals surface area contributed by atoms with E-state index in [1.54, 1.807) is 7.05 Å². The summed E-state index contributed by atoms with van der Waals surface area (Å²) in [5.74, 6) is 0.798. The van der Waals surface area contributed by atoms with Crippen LogP contribution in [-0.4, -0.2) is 28.8 Å². The highest BCUT2D eigenvalue weighted by molar-refractivity contribution is 5.52. The number of fused-ring (bicyclic) bond motifs is 2. The van der Waals surface area contributed by atoms with Gasteiger partial charge in [-0.05, 0) is 41.5 Å². The second-order valence-corrected chi connectivity index (χ2v) is 6.64. The van der Waals surface area contributed by atoms with E-state index in [9.17, 15) is 5.21 Å². The van der Waals surface area contributed by atoms with Gasteiger partial charge in [0.05, 0.1) is 18.6 Å². The van der Waals surface area contributed by atoms with Crippen LogP contribution in [0.25, 0.3) is 0 Å². The molecule has 0 saturated heterocycles. The Bertz CT molecular complexity index is 713. The van der Waals surface area contributed by atoms with E-state index in [1.165, 1.54) is 27.3 Å². The summed E-state index contributed by atoms with van der Waals surface area (Å²) < 4.78 is 0. The van der Waals surface area contributed by atoms with Gasteiger partial charge in [0.2, 0.25) is 5.28 Å². The third-order valence-corrected chi connectivity index (χ3v) is 5.25. The number of nitrogens with zero attached hydrogens (tertiary/aromatic N) is 3. The average molecular weight is 339 g/mol. The highest BCUT2D eigenvalue weighted by atomic mass is 16.6. The first-order valence-corrected chi connectivity index (χ1v) is 8.88. The number of hydrazine groups is 1. The molecule has 0 atom stereocenters. The molecule has 0 spiro atoms. The fourth-order valence-corrected chi connectivity index (χ4v) is 4.06. The standard InChI is InChI=1S/C20H25N3O2/c1-3-15-16-9-4-6-11-18(16)20(19-12-7-5-10-17(15)19)13-8-14-22(2)23(25)21-24/h4-7,9-12,15,20,24H,3,8,13-14H2,1-2H3/b23-21-. The molecule has 0 saturated carbocycles. The van der Waals surface area contributed by atoms with Gasteiger partial charge in [-0.2, -0.15) is 0 Å². The van der Waals surface area contributed by atoms with Crippen LogP contribution in [0.5, 0.6) is 0 Å². The molecule has 3 rings (SSSR count). The number of hydrogen-bond donors (Lipinski definition) is 1. The quantitative estimate of drug-likeness (QED) is 0.473. The Balaban J connectivity index is 1.87. The van der Waals surface area contributed by atoms with Gasteiger partial charge in [-0.1, -0.05) is 55.5 Å². The Hall–Kier alpha value is -2.56. The third kappa shape index (κ3) is 3.31. The van der Waals surface area contributed by atoms with Crippen LogP contribution in [0, 0.1) is 5.21 Å². The molecule has 0 fully saturated rings. The number of hydrogen-bond acceptors (Lipinski definition) is 2. The summed E-state index contributed by atoms with van der Waals surface area (Å²) in [7, 11) is 1.63. The molecule has 0 unspecified atom stereocenters. The summed E-state index contributed by atoms with van der Waals surface area (Å²) >= 11 is 0. The molecular formula is C20H25N3O2. The maximum Gasteiger partial charge on any atom is 0.230 e. The van der Waals surface area contributed by atoms with Crippen LogP contribution in [0.3, 0.4) is 0 Å². The molecule has 0 radical (unpaired) electrons.